The van der Waals surface area contributed by atoms with Gasteiger partial charge >= 0.3 is 5.97 Å². The Morgan fingerprint density at radius 1 is 0.971 bits per heavy atom. The Balaban J connectivity index is 2.14. The number of fused-ring (bicyclic) bond motifs is 2. The maximum Gasteiger partial charge on any atom is 0.336 e. The molecule has 2 aromatic carbocycles. The van der Waals surface area contributed by atoms with Crippen LogP contribution in [0.1, 0.15) is 38.1 Å². The summed E-state index contributed by atoms with van der Waals surface area (Å²) in [5.41, 5.74) is 4.67. The quantitative estimate of drug-likeness (QED) is 0.246. The molecule has 1 N–H and O–H groups in total. The van der Waals surface area contributed by atoms with Gasteiger partial charge in [-0.15, -0.1) is 0 Å². The van der Waals surface area contributed by atoms with Crippen LogP contribution in [0.2, 0.25) is 0 Å². The fourth-order valence-electron chi connectivity index (χ4n) is 4.71. The Morgan fingerprint density at radius 3 is 2.31 bits per heavy atom. The van der Waals surface area contributed by atoms with Crippen molar-refractivity contribution in [1.29, 1.82) is 0 Å². The lowest BCUT2D eigenvalue weighted by Gasteiger charge is -2.22. The van der Waals surface area contributed by atoms with Gasteiger partial charge in [0.2, 0.25) is 5.36 Å². The summed E-state index contributed by atoms with van der Waals surface area (Å²) in [6, 6.07) is 17.3. The van der Waals surface area contributed by atoms with Crippen molar-refractivity contribution in [3.8, 4) is 22.5 Å². The fourth-order valence-corrected chi connectivity index (χ4v) is 4.83. The number of rotatable bonds is 8. The van der Waals surface area contributed by atoms with Crippen LogP contribution >= 0.6 is 0 Å². The molecule has 4 rings (SSSR count). The average Bonchev–Trinajstić information content (AvgIpc) is 2.88. The third-order valence-corrected chi connectivity index (χ3v) is 6.77. The monoisotopic (exact) mass is 488 g/mol. The summed E-state index contributed by atoms with van der Waals surface area (Å²) in [5, 5.41) is 12.0. The van der Waals surface area contributed by atoms with Crippen LogP contribution in [0.25, 0.3) is 33.4 Å². The molecule has 180 valence electrons. The van der Waals surface area contributed by atoms with Gasteiger partial charge in [0.25, 0.3) is 0 Å². The van der Waals surface area contributed by atoms with E-state index in [4.69, 9.17) is 16.8 Å². The minimum Gasteiger partial charge on any atom is -0.478 e. The first kappa shape index (κ1) is 24.5. The van der Waals surface area contributed by atoms with E-state index in [0.717, 1.165) is 53.7 Å². The highest BCUT2D eigenvalue weighted by Gasteiger charge is 2.23. The highest BCUT2D eigenvalue weighted by Crippen LogP contribution is 2.42. The van der Waals surface area contributed by atoms with E-state index in [-0.39, 0.29) is 5.56 Å². The molecule has 0 spiro atoms. The molecule has 0 aromatic heterocycles. The second kappa shape index (κ2) is 10.4. The van der Waals surface area contributed by atoms with Crippen molar-refractivity contribution in [3.05, 3.63) is 65.5 Å². The molecule has 0 atom stereocenters. The lowest BCUT2D eigenvalue weighted by atomic mass is 9.90. The molecule has 0 radical (unpaired) electrons. The molecule has 0 fully saturated rings. The van der Waals surface area contributed by atoms with Gasteiger partial charge in [-0.1, -0.05) is 6.07 Å². The van der Waals surface area contributed by atoms with Gasteiger partial charge in [-0.25, -0.2) is 9.37 Å². The van der Waals surface area contributed by atoms with E-state index in [1.807, 2.05) is 24.3 Å². The molecule has 6 nitrogen and oxygen atoms in total. The first-order chi connectivity index (χ1) is 16.9. The highest BCUT2D eigenvalue weighted by molar-refractivity contribution is 7.47. The van der Waals surface area contributed by atoms with E-state index in [0.29, 0.717) is 22.6 Å². The van der Waals surface area contributed by atoms with Crippen molar-refractivity contribution in [2.24, 2.45) is 4.36 Å². The number of hydrogen-bond donors (Lipinski definition) is 1. The molecule has 0 bridgehead atoms. The Hall–Kier alpha value is -3.58. The summed E-state index contributed by atoms with van der Waals surface area (Å²) in [5.74, 6) is -0.316. The van der Waals surface area contributed by atoms with E-state index in [1.165, 1.54) is 6.07 Å². The number of hydrogen-bond acceptors (Lipinski definition) is 5. The summed E-state index contributed by atoms with van der Waals surface area (Å²) < 4.78 is 12.5. The summed E-state index contributed by atoms with van der Waals surface area (Å²) in [6.07, 6.45) is 0. The van der Waals surface area contributed by atoms with Crippen molar-refractivity contribution in [2.45, 2.75) is 27.7 Å². The number of carbonyl (C=O) groups is 1. The fraction of sp³-hybridized carbons (Fsp3) is 0.286. The lowest BCUT2D eigenvalue weighted by Crippen LogP contribution is -2.29. The third-order valence-electron chi connectivity index (χ3n) is 6.55. The van der Waals surface area contributed by atoms with Gasteiger partial charge in [0, 0.05) is 59.8 Å². The van der Waals surface area contributed by atoms with Gasteiger partial charge < -0.3 is 14.4 Å². The van der Waals surface area contributed by atoms with Crippen LogP contribution < -0.4 is 14.8 Å². The molecular weight excluding hydrogens is 458 g/mol. The number of carboxylic acid groups (broad SMARTS) is 1. The Bertz CT molecular complexity index is 1450. The van der Waals surface area contributed by atoms with Crippen molar-refractivity contribution in [3.63, 3.8) is 0 Å². The van der Waals surface area contributed by atoms with Crippen LogP contribution in [0, 0.1) is 0 Å². The van der Waals surface area contributed by atoms with Crippen LogP contribution in [0.3, 0.4) is 0 Å². The van der Waals surface area contributed by atoms with Crippen LogP contribution in [0.5, 0.6) is 0 Å². The molecule has 0 saturated carbocycles. The van der Waals surface area contributed by atoms with Crippen LogP contribution in [0.15, 0.2) is 63.4 Å². The zero-order chi connectivity index (χ0) is 25.1. The van der Waals surface area contributed by atoms with E-state index in [2.05, 4.69) is 53.7 Å². The number of nitrogens with zero attached hydrogens (tertiary/aromatic N) is 3. The smallest absolute Gasteiger partial charge is 0.336 e. The number of aromatic carboxylic acids is 1. The number of carboxylic acids is 1. The van der Waals surface area contributed by atoms with Crippen LogP contribution in [-0.2, 0) is 12.4 Å². The second-order valence-electron chi connectivity index (χ2n) is 8.31. The number of benzene rings is 3. The van der Waals surface area contributed by atoms with Gasteiger partial charge in [-0.2, -0.15) is 4.36 Å². The van der Waals surface area contributed by atoms with Crippen molar-refractivity contribution >= 4 is 40.7 Å². The molecular formula is C28H30N3O3S+. The van der Waals surface area contributed by atoms with E-state index in [9.17, 15) is 9.90 Å². The minimum atomic E-state index is -1.03. The Morgan fingerprint density at radius 2 is 1.69 bits per heavy atom. The topological polar surface area (TPSA) is 69.1 Å². The molecule has 35 heavy (non-hydrogen) atoms. The first-order valence-corrected chi connectivity index (χ1v) is 12.4. The van der Waals surface area contributed by atoms with Crippen LogP contribution in [-0.4, -0.2) is 37.3 Å². The molecule has 2 aromatic rings. The zero-order valence-corrected chi connectivity index (χ0v) is 21.4. The van der Waals surface area contributed by atoms with E-state index >= 15 is 0 Å². The highest BCUT2D eigenvalue weighted by atomic mass is 32.1. The summed E-state index contributed by atoms with van der Waals surface area (Å²) in [6.45, 7) is 12.0. The molecule has 1 aliphatic carbocycles. The largest absolute Gasteiger partial charge is 0.478 e. The zero-order valence-electron chi connectivity index (χ0n) is 20.5. The van der Waals surface area contributed by atoms with Crippen LogP contribution in [0.4, 0.5) is 11.4 Å². The molecule has 1 heterocycles. The first-order valence-electron chi connectivity index (χ1n) is 12.0. The third kappa shape index (κ3) is 4.56. The predicted octanol–water partition coefficient (Wildman–Crippen LogP) is 5.92. The Kier molecular flexibility index (Phi) is 7.26. The van der Waals surface area contributed by atoms with Gasteiger partial charge in [0.1, 0.15) is 24.4 Å². The molecule has 0 amide bonds. The molecule has 7 heteroatoms. The molecule has 0 unspecified atom stereocenters. The predicted molar refractivity (Wildman–Crippen MR) is 145 cm³/mol. The van der Waals surface area contributed by atoms with E-state index < -0.39 is 5.97 Å². The maximum atomic E-state index is 12.3. The van der Waals surface area contributed by atoms with Crippen molar-refractivity contribution in [2.75, 3.05) is 31.1 Å². The van der Waals surface area contributed by atoms with Gasteiger partial charge in [0.15, 0.2) is 0 Å². The van der Waals surface area contributed by atoms with E-state index in [1.54, 1.807) is 12.1 Å². The minimum absolute atomic E-state index is 0.158. The van der Waals surface area contributed by atoms with Crippen molar-refractivity contribution < 1.29 is 14.3 Å². The summed E-state index contributed by atoms with van der Waals surface area (Å²) >= 11 is 4.81. The van der Waals surface area contributed by atoms with Gasteiger partial charge in [-0.05, 0) is 63.6 Å². The van der Waals surface area contributed by atoms with Gasteiger partial charge in [0.05, 0.1) is 17.3 Å². The lowest BCUT2D eigenvalue weighted by molar-refractivity contribution is 0.0697. The number of anilines is 1. The summed E-state index contributed by atoms with van der Waals surface area (Å²) in [4.78, 5) is 14.5. The average molecular weight is 489 g/mol. The maximum absolute atomic E-state index is 12.3. The molecule has 1 aliphatic heterocycles. The Labute approximate surface area is 210 Å². The SMILES string of the molecule is CCN(CC)c1ccc2c(-c3ccc(N=S)cc3C(=O)O)c3ccc(=[N+](CC)CC)cc-3oc2c1. The molecule has 2 aliphatic rings. The second-order valence-corrected chi connectivity index (χ2v) is 8.49. The standard InChI is InChI=1S/C28H29N3O3S/c1-5-30(6-2)19-10-13-22-25(16-19)34-26-17-20(31(7-3)8-4)11-14-23(26)27(22)21-12-9-18(29-35)15-24(21)28(32)33/h9-17H,5-8H2,1-4H3/p+1. The normalized spacial score (nSPS) is 11.1. The summed E-state index contributed by atoms with van der Waals surface area (Å²) in [7, 11) is 0. The van der Waals surface area contributed by atoms with Crippen molar-refractivity contribution in [1.82, 2.24) is 4.58 Å². The molecule has 0 saturated heterocycles. The van der Waals surface area contributed by atoms with Gasteiger partial charge in [-0.3, -0.25) is 0 Å².